The van der Waals surface area contributed by atoms with E-state index in [-0.39, 0.29) is 28.0 Å². The zero-order valence-electron chi connectivity index (χ0n) is 19.7. The fraction of sp³-hybridized carbons (Fsp3) is 0.720. The van der Waals surface area contributed by atoms with Crippen LogP contribution in [0.3, 0.4) is 0 Å². The van der Waals surface area contributed by atoms with Crippen molar-refractivity contribution in [2.75, 3.05) is 13.1 Å². The van der Waals surface area contributed by atoms with Crippen LogP contribution in [-0.4, -0.2) is 49.9 Å². The molecule has 3 saturated carbocycles. The number of hydrogen-bond donors (Lipinski definition) is 3. The Morgan fingerprint density at radius 2 is 2.06 bits per heavy atom. The third-order valence-electron chi connectivity index (χ3n) is 8.83. The average molecular weight is 445 g/mol. The van der Waals surface area contributed by atoms with Crippen molar-refractivity contribution in [1.82, 2.24) is 16.0 Å². The summed E-state index contributed by atoms with van der Waals surface area (Å²) in [5.74, 6) is 0.978. The molecule has 5 aliphatic rings. The number of piperidine rings is 1. The summed E-state index contributed by atoms with van der Waals surface area (Å²) in [7, 11) is -0.432. The summed E-state index contributed by atoms with van der Waals surface area (Å²) in [6.45, 7) is 8.65. The van der Waals surface area contributed by atoms with Gasteiger partial charge in [-0.3, -0.25) is 0 Å². The summed E-state index contributed by atoms with van der Waals surface area (Å²) in [5.41, 5.74) is 1.20. The Labute approximate surface area is 197 Å². The largest absolute Gasteiger partial charge is 0.482 e. The van der Waals surface area contributed by atoms with Crippen LogP contribution >= 0.6 is 0 Å². The van der Waals surface area contributed by atoms with Crippen molar-refractivity contribution >= 4 is 13.1 Å². The van der Waals surface area contributed by atoms with Crippen molar-refractivity contribution < 1.29 is 18.4 Å². The molecule has 2 heterocycles. The molecular weight excluding hydrogens is 401 g/mol. The van der Waals surface area contributed by atoms with Crippen molar-refractivity contribution in [3.05, 3.63) is 35.9 Å². The summed E-state index contributed by atoms with van der Waals surface area (Å²) in [4.78, 5) is 12.9. The molecule has 7 heteroatoms. The van der Waals surface area contributed by atoms with Crippen LogP contribution in [0.4, 0.5) is 4.79 Å². The monoisotopic (exact) mass is 445 g/mol. The van der Waals surface area contributed by atoms with Gasteiger partial charge in [-0.1, -0.05) is 50.6 Å². The molecule has 6 atom stereocenters. The van der Waals surface area contributed by atoms with Crippen molar-refractivity contribution in [1.29, 1.82) is 0 Å². The third-order valence-corrected chi connectivity index (χ3v) is 8.83. The van der Waals surface area contributed by atoms with Gasteiger partial charge in [0.2, 0.25) is 0 Å². The Bertz CT molecular complexity index is 831. The van der Waals surface area contributed by atoms with E-state index in [2.05, 4.69) is 48.9 Å². The molecule has 2 aliphatic heterocycles. The Balaban J connectivity index is 0.00000144. The van der Waals surface area contributed by atoms with Gasteiger partial charge in [-0.15, -0.1) is 0 Å². The molecule has 0 radical (unpaired) electrons. The van der Waals surface area contributed by atoms with Crippen LogP contribution in [0.15, 0.2) is 30.3 Å². The van der Waals surface area contributed by atoms with E-state index in [0.717, 1.165) is 19.4 Å². The summed E-state index contributed by atoms with van der Waals surface area (Å²) in [5, 5.41) is 9.75. The molecule has 1 aromatic rings. The average Bonchev–Trinajstić information content (AvgIpc) is 3.16. The molecule has 180 valence electrons. The lowest BCUT2D eigenvalue weighted by molar-refractivity contribution is -0.199. The van der Waals surface area contributed by atoms with E-state index in [0.29, 0.717) is 36.3 Å². The fourth-order valence-electron chi connectivity index (χ4n) is 6.69. The highest BCUT2D eigenvalue weighted by Gasteiger charge is 2.68. The van der Waals surface area contributed by atoms with Gasteiger partial charge in [0.25, 0.3) is 0 Å². The predicted octanol–water partition coefficient (Wildman–Crippen LogP) is 4.04. The Morgan fingerprint density at radius 3 is 2.78 bits per heavy atom. The highest BCUT2D eigenvalue weighted by atomic mass is 16.7. The minimum absolute atomic E-state index is 0. The maximum absolute atomic E-state index is 12.9. The topological polar surface area (TPSA) is 71.6 Å². The molecule has 5 fully saturated rings. The Morgan fingerprint density at radius 1 is 1.25 bits per heavy atom. The lowest BCUT2D eigenvalue weighted by Gasteiger charge is -2.64. The summed E-state index contributed by atoms with van der Waals surface area (Å²) >= 11 is 0. The first-order valence-corrected chi connectivity index (χ1v) is 12.5. The molecule has 2 unspecified atom stereocenters. The zero-order valence-corrected chi connectivity index (χ0v) is 19.7. The van der Waals surface area contributed by atoms with Gasteiger partial charge in [0.05, 0.1) is 17.6 Å². The standard InChI is InChI=1S/C25H38BN3O3.3H2/c1-24(2)18-14-20(24)25(3)21(15-18)31-26(32-25)22(13-17-9-5-4-6-10-17)29-23(30)28-16-19-11-7-8-12-27-19;;;/h4-6,9-10,18-22,27H,7-8,11-16H2,1-3H3,(H2,28,29,30);3*1H/t18?,19-,20?,21+,22-,25-;;;/m0.../s1. The van der Waals surface area contributed by atoms with Gasteiger partial charge in [-0.05, 0) is 68.4 Å². The lowest BCUT2D eigenvalue weighted by atomic mass is 9.43. The van der Waals surface area contributed by atoms with E-state index in [4.69, 9.17) is 9.31 Å². The van der Waals surface area contributed by atoms with Crippen LogP contribution in [0, 0.1) is 17.3 Å². The molecule has 1 aromatic carbocycles. The first-order chi connectivity index (χ1) is 15.4. The maximum atomic E-state index is 12.9. The molecule has 0 aromatic heterocycles. The maximum Gasteiger partial charge on any atom is 0.482 e. The Hall–Kier alpha value is -1.57. The highest BCUT2D eigenvalue weighted by molar-refractivity contribution is 6.48. The molecule has 3 aliphatic carbocycles. The molecule has 6 rings (SSSR count). The highest BCUT2D eigenvalue weighted by Crippen LogP contribution is 2.65. The van der Waals surface area contributed by atoms with Crippen LogP contribution in [0.25, 0.3) is 0 Å². The smallest absolute Gasteiger partial charge is 0.404 e. The second-order valence-electron chi connectivity index (χ2n) is 11.1. The number of urea groups is 1. The van der Waals surface area contributed by atoms with E-state index in [1.54, 1.807) is 0 Å². The summed E-state index contributed by atoms with van der Waals surface area (Å²) in [6.07, 6.45) is 6.62. The van der Waals surface area contributed by atoms with E-state index < -0.39 is 7.12 Å². The van der Waals surface area contributed by atoms with Crippen molar-refractivity contribution in [2.45, 2.75) is 83.0 Å². The van der Waals surface area contributed by atoms with Gasteiger partial charge in [-0.25, -0.2) is 4.79 Å². The van der Waals surface area contributed by atoms with Gasteiger partial charge in [0.15, 0.2) is 0 Å². The summed E-state index contributed by atoms with van der Waals surface area (Å²) < 4.78 is 13.2. The normalized spacial score (nSPS) is 36.0. The van der Waals surface area contributed by atoms with Crippen molar-refractivity contribution in [3.63, 3.8) is 0 Å². The fourth-order valence-corrected chi connectivity index (χ4v) is 6.69. The molecule has 2 amide bonds. The van der Waals surface area contributed by atoms with Gasteiger partial charge < -0.3 is 25.3 Å². The number of nitrogens with one attached hydrogen (secondary N) is 3. The summed E-state index contributed by atoms with van der Waals surface area (Å²) in [6, 6.07) is 10.5. The molecule has 32 heavy (non-hydrogen) atoms. The molecule has 3 N–H and O–H groups in total. The minimum Gasteiger partial charge on any atom is -0.404 e. The SMILES string of the molecule is CC1(C)C2CC1[C@]1(C)OB([C@H](Cc3ccccc3)NC(=O)NC[C@@H]3CCCCN3)O[C@@H]1C2.[HH].[HH].[HH]. The van der Waals surface area contributed by atoms with Gasteiger partial charge in [-0.2, -0.15) is 0 Å². The quantitative estimate of drug-likeness (QED) is 0.578. The number of amides is 2. The number of rotatable bonds is 6. The van der Waals surface area contributed by atoms with Crippen LogP contribution in [0.2, 0.25) is 0 Å². The van der Waals surface area contributed by atoms with Gasteiger partial charge in [0.1, 0.15) is 0 Å². The van der Waals surface area contributed by atoms with Crippen LogP contribution in [0.5, 0.6) is 0 Å². The zero-order chi connectivity index (χ0) is 22.3. The second-order valence-corrected chi connectivity index (χ2v) is 11.1. The van der Waals surface area contributed by atoms with Crippen LogP contribution < -0.4 is 16.0 Å². The predicted molar refractivity (Wildman–Crippen MR) is 133 cm³/mol. The molecule has 2 saturated heterocycles. The molecule has 6 nitrogen and oxygen atoms in total. The minimum atomic E-state index is -0.432. The number of hydrogen-bond acceptors (Lipinski definition) is 4. The number of benzene rings is 1. The van der Waals surface area contributed by atoms with Gasteiger partial charge in [0, 0.05) is 16.9 Å². The van der Waals surface area contributed by atoms with Crippen LogP contribution in [-0.2, 0) is 15.7 Å². The first kappa shape index (κ1) is 22.2. The van der Waals surface area contributed by atoms with E-state index in [1.807, 2.05) is 18.2 Å². The number of carbonyl (C=O) groups is 1. The van der Waals surface area contributed by atoms with E-state index >= 15 is 0 Å². The van der Waals surface area contributed by atoms with E-state index in [9.17, 15) is 4.79 Å². The van der Waals surface area contributed by atoms with Gasteiger partial charge >= 0.3 is 13.1 Å². The third kappa shape index (κ3) is 4.08. The molecule has 0 spiro atoms. The van der Waals surface area contributed by atoms with E-state index in [1.165, 1.54) is 24.8 Å². The Kier molecular flexibility index (Phi) is 6.02. The lowest BCUT2D eigenvalue weighted by Crippen LogP contribution is -2.65. The first-order valence-electron chi connectivity index (χ1n) is 12.5. The van der Waals surface area contributed by atoms with Crippen molar-refractivity contribution in [3.8, 4) is 0 Å². The molecular formula is C25H44BN3O3. The second kappa shape index (κ2) is 8.66. The molecule has 2 bridgehead atoms. The van der Waals surface area contributed by atoms with Crippen LogP contribution in [0.1, 0.15) is 62.7 Å². The number of carbonyl (C=O) groups excluding carboxylic acids is 1. The van der Waals surface area contributed by atoms with Crippen molar-refractivity contribution in [2.24, 2.45) is 17.3 Å².